The van der Waals surface area contributed by atoms with Gasteiger partial charge in [0.25, 0.3) is 0 Å². The maximum atomic E-state index is 11.9. The van der Waals surface area contributed by atoms with Crippen LogP contribution < -0.4 is 11.4 Å². The van der Waals surface area contributed by atoms with Crippen LogP contribution in [0, 0.1) is 6.92 Å². The fourth-order valence-corrected chi connectivity index (χ4v) is 2.99. The molecule has 0 saturated carbocycles. The summed E-state index contributed by atoms with van der Waals surface area (Å²) in [6.45, 7) is 3.58. The molecule has 2 rings (SSSR count). The molecule has 0 spiro atoms. The Kier molecular flexibility index (Phi) is 5.03. The summed E-state index contributed by atoms with van der Waals surface area (Å²) in [7, 11) is -3.03. The van der Waals surface area contributed by atoms with Crippen LogP contribution in [0.15, 0.2) is 11.0 Å². The molecule has 1 aromatic heterocycles. The Hall–Kier alpha value is -1.25. The molecule has 0 radical (unpaired) electrons. The Morgan fingerprint density at radius 3 is 2.91 bits per heavy atom. The van der Waals surface area contributed by atoms with Gasteiger partial charge in [0, 0.05) is 25.3 Å². The van der Waals surface area contributed by atoms with Crippen LogP contribution in [0.5, 0.6) is 0 Å². The van der Waals surface area contributed by atoms with E-state index in [4.69, 9.17) is 15.0 Å². The quantitative estimate of drug-likeness (QED) is 0.763. The molecule has 1 aliphatic rings. The third-order valence-corrected chi connectivity index (χ3v) is 4.56. The van der Waals surface area contributed by atoms with Crippen LogP contribution in [0.3, 0.4) is 0 Å². The molecule has 0 amide bonds. The van der Waals surface area contributed by atoms with E-state index in [1.807, 2.05) is 6.92 Å². The first-order valence-electron chi connectivity index (χ1n) is 6.85. The lowest BCUT2D eigenvalue weighted by Gasteiger charge is -2.18. The maximum absolute atomic E-state index is 11.9. The molecule has 1 saturated heterocycles. The van der Waals surface area contributed by atoms with E-state index in [0.717, 1.165) is 7.11 Å². The van der Waals surface area contributed by atoms with Crippen LogP contribution in [0.25, 0.3) is 0 Å². The fourth-order valence-electron chi connectivity index (χ4n) is 2.34. The Bertz CT molecular complexity index is 648. The lowest BCUT2D eigenvalue weighted by molar-refractivity contribution is -0.0222. The topological polar surface area (TPSA) is 126 Å². The summed E-state index contributed by atoms with van der Waals surface area (Å²) in [5, 5.41) is 0. The van der Waals surface area contributed by atoms with E-state index in [-0.39, 0.29) is 12.2 Å². The second-order valence-corrected chi connectivity index (χ2v) is 6.58. The Morgan fingerprint density at radius 1 is 1.64 bits per heavy atom. The van der Waals surface area contributed by atoms with E-state index in [9.17, 15) is 14.3 Å². The minimum Gasteiger partial charge on any atom is -0.383 e. The standard InChI is InChI=1S/C12H20N3O6P/c1-4-8-9(21-22(17,18)19-3)5-10(20-8)15-6-7(2)11(13)14-12(15)16/h6,8-10H,4-5H2,1-3H3,(H,17,18)(H2,13,14,16)/t8-,9-,10+/m1/s1. The highest BCUT2D eigenvalue weighted by molar-refractivity contribution is 7.47. The highest BCUT2D eigenvalue weighted by Crippen LogP contribution is 2.47. The van der Waals surface area contributed by atoms with E-state index in [0.29, 0.717) is 12.0 Å². The normalized spacial score (nSPS) is 27.7. The van der Waals surface area contributed by atoms with Gasteiger partial charge < -0.3 is 15.4 Å². The van der Waals surface area contributed by atoms with E-state index < -0.39 is 31.9 Å². The first-order chi connectivity index (χ1) is 10.3. The van der Waals surface area contributed by atoms with Gasteiger partial charge in [-0.1, -0.05) is 6.92 Å². The van der Waals surface area contributed by atoms with Crippen LogP contribution in [0.1, 0.15) is 31.6 Å². The summed E-state index contributed by atoms with van der Waals surface area (Å²) in [5.41, 5.74) is 5.70. The van der Waals surface area contributed by atoms with Gasteiger partial charge >= 0.3 is 13.5 Å². The highest BCUT2D eigenvalue weighted by Gasteiger charge is 2.40. The molecule has 2 heterocycles. The number of rotatable bonds is 5. The maximum Gasteiger partial charge on any atom is 0.472 e. The fraction of sp³-hybridized carbons (Fsp3) is 0.667. The van der Waals surface area contributed by atoms with Gasteiger partial charge in [0.05, 0.1) is 12.2 Å². The number of aromatic nitrogens is 2. The van der Waals surface area contributed by atoms with Gasteiger partial charge in [-0.2, -0.15) is 4.98 Å². The van der Waals surface area contributed by atoms with Crippen LogP contribution in [-0.4, -0.2) is 33.8 Å². The summed E-state index contributed by atoms with van der Waals surface area (Å²) in [5.74, 6) is 0.165. The van der Waals surface area contributed by atoms with Crippen LogP contribution in [-0.2, 0) is 18.3 Å². The van der Waals surface area contributed by atoms with Crippen LogP contribution >= 0.6 is 7.82 Å². The first-order valence-corrected chi connectivity index (χ1v) is 8.34. The van der Waals surface area contributed by atoms with Crippen molar-refractivity contribution in [2.45, 2.75) is 45.1 Å². The average molecular weight is 333 g/mol. The number of phosphoric ester groups is 1. The number of hydrogen-bond donors (Lipinski definition) is 2. The number of nitrogen functional groups attached to an aromatic ring is 1. The Balaban J connectivity index is 2.24. The minimum absolute atomic E-state index is 0.165. The van der Waals surface area contributed by atoms with E-state index in [2.05, 4.69) is 9.51 Å². The summed E-state index contributed by atoms with van der Waals surface area (Å²) < 4.78 is 28.2. The number of anilines is 1. The molecular weight excluding hydrogens is 313 g/mol. The molecular formula is C12H20N3O6P. The zero-order valence-corrected chi connectivity index (χ0v) is 13.5. The van der Waals surface area contributed by atoms with Gasteiger partial charge in [-0.15, -0.1) is 0 Å². The molecule has 124 valence electrons. The van der Waals surface area contributed by atoms with Crippen LogP contribution in [0.4, 0.5) is 5.82 Å². The zero-order valence-electron chi connectivity index (χ0n) is 12.6. The number of aryl methyl sites for hydroxylation is 1. The molecule has 22 heavy (non-hydrogen) atoms. The molecule has 4 atom stereocenters. The van der Waals surface area contributed by atoms with Crippen molar-refractivity contribution in [3.05, 3.63) is 22.2 Å². The molecule has 0 aliphatic carbocycles. The van der Waals surface area contributed by atoms with Crippen molar-refractivity contribution in [2.75, 3.05) is 12.8 Å². The third kappa shape index (κ3) is 3.56. The molecule has 1 aromatic rings. The van der Waals surface area contributed by atoms with Gasteiger partial charge in [0.15, 0.2) is 0 Å². The summed E-state index contributed by atoms with van der Waals surface area (Å²) in [6.07, 6.45) is 0.629. The van der Waals surface area contributed by atoms with Gasteiger partial charge in [0.1, 0.15) is 12.0 Å². The van der Waals surface area contributed by atoms with Crippen molar-refractivity contribution in [1.82, 2.24) is 9.55 Å². The molecule has 0 aromatic carbocycles. The summed E-state index contributed by atoms with van der Waals surface area (Å²) in [4.78, 5) is 25.1. The molecule has 0 bridgehead atoms. The van der Waals surface area contributed by atoms with Crippen LogP contribution in [0.2, 0.25) is 0 Å². The summed E-state index contributed by atoms with van der Waals surface area (Å²) in [6, 6.07) is 0. The van der Waals surface area contributed by atoms with Crippen molar-refractivity contribution in [3.8, 4) is 0 Å². The van der Waals surface area contributed by atoms with Crippen molar-refractivity contribution in [3.63, 3.8) is 0 Å². The largest absolute Gasteiger partial charge is 0.472 e. The molecule has 1 aliphatic heterocycles. The van der Waals surface area contributed by atoms with Gasteiger partial charge in [0.2, 0.25) is 0 Å². The SMILES string of the molecule is CC[C@H]1O[C@H](n2cc(C)c(N)nc2=O)C[C@H]1OP(=O)(O)OC. The smallest absolute Gasteiger partial charge is 0.383 e. The molecule has 1 unspecified atom stereocenters. The van der Waals surface area contributed by atoms with E-state index >= 15 is 0 Å². The van der Waals surface area contributed by atoms with E-state index in [1.165, 1.54) is 4.57 Å². The van der Waals surface area contributed by atoms with E-state index in [1.54, 1.807) is 13.1 Å². The van der Waals surface area contributed by atoms with Gasteiger partial charge in [-0.05, 0) is 13.3 Å². The molecule has 10 heteroatoms. The second kappa shape index (κ2) is 6.47. The number of phosphoric acid groups is 1. The molecule has 9 nitrogen and oxygen atoms in total. The molecule has 3 N–H and O–H groups in total. The van der Waals surface area contributed by atoms with Crippen molar-refractivity contribution in [1.29, 1.82) is 0 Å². The number of nitrogens with two attached hydrogens (primary N) is 1. The Labute approximate surface area is 127 Å². The lowest BCUT2D eigenvalue weighted by Crippen LogP contribution is -2.28. The van der Waals surface area contributed by atoms with Crippen molar-refractivity contribution in [2.24, 2.45) is 0 Å². The number of hydrogen-bond acceptors (Lipinski definition) is 7. The lowest BCUT2D eigenvalue weighted by atomic mass is 10.1. The number of nitrogens with zero attached hydrogens (tertiary/aromatic N) is 2. The Morgan fingerprint density at radius 2 is 2.32 bits per heavy atom. The second-order valence-electron chi connectivity index (χ2n) is 5.07. The summed E-state index contributed by atoms with van der Waals surface area (Å²) >= 11 is 0. The van der Waals surface area contributed by atoms with Crippen molar-refractivity contribution < 1.29 is 23.2 Å². The minimum atomic E-state index is -4.12. The van der Waals surface area contributed by atoms with Gasteiger partial charge in [-0.3, -0.25) is 13.6 Å². The third-order valence-electron chi connectivity index (χ3n) is 3.57. The predicted octanol–water partition coefficient (Wildman–Crippen LogP) is 0.963. The first kappa shape index (κ1) is 17.1. The monoisotopic (exact) mass is 333 g/mol. The average Bonchev–Trinajstić information content (AvgIpc) is 2.84. The van der Waals surface area contributed by atoms with Gasteiger partial charge in [-0.25, -0.2) is 9.36 Å². The highest BCUT2D eigenvalue weighted by atomic mass is 31.2. The molecule has 1 fully saturated rings. The number of ether oxygens (including phenoxy) is 1. The van der Waals surface area contributed by atoms with Crippen molar-refractivity contribution >= 4 is 13.6 Å². The zero-order chi connectivity index (χ0) is 16.5. The predicted molar refractivity (Wildman–Crippen MR) is 78.2 cm³/mol.